The number of ether oxygens (including phenoxy) is 2. The molecule has 6 heteroatoms. The van der Waals surface area contributed by atoms with E-state index < -0.39 is 0 Å². The van der Waals surface area contributed by atoms with Crippen molar-refractivity contribution < 1.29 is 14.3 Å². The summed E-state index contributed by atoms with van der Waals surface area (Å²) in [6, 6.07) is 10.3. The smallest absolute Gasteiger partial charge is 0.255 e. The Balaban J connectivity index is 2.17. The molecule has 2 aromatic rings. The Hall–Kier alpha value is -1.75. The Morgan fingerprint density at radius 1 is 1.20 bits per heavy atom. The molecule has 0 bridgehead atoms. The highest BCUT2D eigenvalue weighted by Gasteiger charge is 2.13. The molecule has 0 aliphatic rings. The first-order valence-corrected chi connectivity index (χ1v) is 8.68. The van der Waals surface area contributed by atoms with Crippen LogP contribution in [0.5, 0.6) is 5.75 Å². The molecule has 0 saturated heterocycles. The van der Waals surface area contributed by atoms with E-state index in [9.17, 15) is 4.79 Å². The molecule has 0 radical (unpaired) electrons. The third-order valence-electron chi connectivity index (χ3n) is 3.45. The highest BCUT2D eigenvalue weighted by molar-refractivity contribution is 6.44. The van der Waals surface area contributed by atoms with Crippen molar-refractivity contribution in [2.45, 2.75) is 20.5 Å². The van der Waals surface area contributed by atoms with Crippen LogP contribution in [0.3, 0.4) is 0 Å². The molecule has 1 amide bonds. The van der Waals surface area contributed by atoms with Gasteiger partial charge in [0.25, 0.3) is 5.91 Å². The summed E-state index contributed by atoms with van der Waals surface area (Å²) in [6.07, 6.45) is 0. The van der Waals surface area contributed by atoms with Crippen molar-refractivity contribution in [2.75, 3.05) is 19.0 Å². The molecule has 0 atom stereocenters. The van der Waals surface area contributed by atoms with Crippen LogP contribution in [0.2, 0.25) is 10.0 Å². The predicted molar refractivity (Wildman–Crippen MR) is 102 cm³/mol. The summed E-state index contributed by atoms with van der Waals surface area (Å²) in [5.74, 6) is 0.834. The van der Waals surface area contributed by atoms with Crippen molar-refractivity contribution >= 4 is 34.8 Å². The first-order valence-electron chi connectivity index (χ1n) is 7.92. The van der Waals surface area contributed by atoms with E-state index in [2.05, 4.69) is 19.2 Å². The Morgan fingerprint density at radius 3 is 2.64 bits per heavy atom. The summed E-state index contributed by atoms with van der Waals surface area (Å²) in [6.45, 7) is 5.17. The fourth-order valence-electron chi connectivity index (χ4n) is 2.23. The van der Waals surface area contributed by atoms with E-state index in [0.717, 1.165) is 5.56 Å². The lowest BCUT2D eigenvalue weighted by atomic mass is 10.1. The van der Waals surface area contributed by atoms with Crippen LogP contribution >= 0.6 is 23.2 Å². The van der Waals surface area contributed by atoms with E-state index in [1.165, 1.54) is 0 Å². The molecule has 0 aliphatic carbocycles. The summed E-state index contributed by atoms with van der Waals surface area (Å²) in [4.78, 5) is 12.5. The number of amides is 1. The van der Waals surface area contributed by atoms with E-state index in [0.29, 0.717) is 46.2 Å². The molecule has 0 fully saturated rings. The number of hydrogen-bond donors (Lipinski definition) is 1. The minimum absolute atomic E-state index is 0.281. The van der Waals surface area contributed by atoms with E-state index in [-0.39, 0.29) is 5.91 Å². The van der Waals surface area contributed by atoms with Gasteiger partial charge in [-0.05, 0) is 36.2 Å². The summed E-state index contributed by atoms with van der Waals surface area (Å²) < 4.78 is 11.0. The van der Waals surface area contributed by atoms with Crippen molar-refractivity contribution in [2.24, 2.45) is 5.92 Å². The first kappa shape index (κ1) is 19.6. The Bertz CT molecular complexity index is 747. The summed E-state index contributed by atoms with van der Waals surface area (Å²) in [5.41, 5.74) is 1.76. The number of nitrogens with one attached hydrogen (secondary N) is 1. The summed E-state index contributed by atoms with van der Waals surface area (Å²) in [5, 5.41) is 3.47. The third kappa shape index (κ3) is 5.36. The maximum Gasteiger partial charge on any atom is 0.255 e. The topological polar surface area (TPSA) is 47.6 Å². The number of carbonyl (C=O) groups is 1. The van der Waals surface area contributed by atoms with Crippen molar-refractivity contribution in [1.82, 2.24) is 0 Å². The van der Waals surface area contributed by atoms with Gasteiger partial charge in [0, 0.05) is 17.7 Å². The van der Waals surface area contributed by atoms with Crippen LogP contribution in [0.25, 0.3) is 0 Å². The molecule has 25 heavy (non-hydrogen) atoms. The van der Waals surface area contributed by atoms with Gasteiger partial charge in [0.05, 0.1) is 29.4 Å². The summed E-state index contributed by atoms with van der Waals surface area (Å²) >= 11 is 12.1. The molecule has 4 nitrogen and oxygen atoms in total. The molecule has 1 N–H and O–H groups in total. The lowest BCUT2D eigenvalue weighted by Gasteiger charge is -2.13. The lowest BCUT2D eigenvalue weighted by molar-refractivity contribution is 0.0952. The van der Waals surface area contributed by atoms with Gasteiger partial charge in [-0.3, -0.25) is 4.79 Å². The number of rotatable bonds is 7. The van der Waals surface area contributed by atoms with Crippen LogP contribution in [0.4, 0.5) is 5.69 Å². The monoisotopic (exact) mass is 381 g/mol. The van der Waals surface area contributed by atoms with Gasteiger partial charge in [-0.15, -0.1) is 0 Å². The molecule has 0 unspecified atom stereocenters. The molecule has 0 aliphatic heterocycles. The summed E-state index contributed by atoms with van der Waals surface area (Å²) in [7, 11) is 1.59. The zero-order chi connectivity index (χ0) is 18.4. The van der Waals surface area contributed by atoms with Crippen LogP contribution in [0.1, 0.15) is 29.8 Å². The normalized spacial score (nSPS) is 10.8. The third-order valence-corrected chi connectivity index (χ3v) is 4.27. The zero-order valence-corrected chi connectivity index (χ0v) is 15.9. The van der Waals surface area contributed by atoms with Crippen LogP contribution < -0.4 is 10.1 Å². The van der Waals surface area contributed by atoms with E-state index >= 15 is 0 Å². The molecular formula is C19H21Cl2NO3. The molecule has 2 aromatic carbocycles. The number of hydrogen-bond acceptors (Lipinski definition) is 3. The van der Waals surface area contributed by atoms with Gasteiger partial charge in [-0.25, -0.2) is 0 Å². The zero-order valence-electron chi connectivity index (χ0n) is 14.4. The van der Waals surface area contributed by atoms with Gasteiger partial charge in [0.15, 0.2) is 0 Å². The fourth-order valence-corrected chi connectivity index (χ4v) is 2.58. The number of anilines is 1. The molecule has 0 spiro atoms. The van der Waals surface area contributed by atoms with Gasteiger partial charge >= 0.3 is 0 Å². The second kappa shape index (κ2) is 9.09. The average Bonchev–Trinajstić information content (AvgIpc) is 2.58. The van der Waals surface area contributed by atoms with Gasteiger partial charge in [-0.2, -0.15) is 0 Å². The number of benzene rings is 2. The number of halogens is 2. The quantitative estimate of drug-likeness (QED) is 0.695. The predicted octanol–water partition coefficient (Wildman–Crippen LogP) is 5.43. The maximum atomic E-state index is 12.5. The standard InChI is InChI=1S/C19H21Cl2NO3/c1-12(2)10-25-11-14-9-13(7-8-17(14)24-3)19(23)22-16-6-4-5-15(20)18(16)21/h4-9,12H,10-11H2,1-3H3,(H,22,23). The fraction of sp³-hybridized carbons (Fsp3) is 0.316. The maximum absolute atomic E-state index is 12.5. The van der Waals surface area contributed by atoms with Gasteiger partial charge in [-0.1, -0.05) is 43.1 Å². The van der Waals surface area contributed by atoms with Gasteiger partial charge in [0.1, 0.15) is 5.75 Å². The SMILES string of the molecule is COc1ccc(C(=O)Nc2cccc(Cl)c2Cl)cc1COCC(C)C. The van der Waals surface area contributed by atoms with Crippen molar-refractivity contribution in [3.63, 3.8) is 0 Å². The molecule has 2 rings (SSSR count). The molecular weight excluding hydrogens is 361 g/mol. The molecule has 134 valence electrons. The number of methoxy groups -OCH3 is 1. The van der Waals surface area contributed by atoms with Crippen molar-refractivity contribution in [3.05, 3.63) is 57.6 Å². The highest BCUT2D eigenvalue weighted by atomic mass is 35.5. The van der Waals surface area contributed by atoms with Crippen molar-refractivity contribution in [3.8, 4) is 5.75 Å². The second-order valence-corrected chi connectivity index (χ2v) is 6.78. The molecule has 0 heterocycles. The largest absolute Gasteiger partial charge is 0.496 e. The lowest BCUT2D eigenvalue weighted by Crippen LogP contribution is -2.13. The van der Waals surface area contributed by atoms with Crippen LogP contribution in [-0.2, 0) is 11.3 Å². The number of carbonyl (C=O) groups excluding carboxylic acids is 1. The highest BCUT2D eigenvalue weighted by Crippen LogP contribution is 2.30. The second-order valence-electron chi connectivity index (χ2n) is 5.99. The first-order chi connectivity index (χ1) is 11.9. The Kier molecular flexibility index (Phi) is 7.12. The van der Waals surface area contributed by atoms with Crippen LogP contribution in [0, 0.1) is 5.92 Å². The average molecular weight is 382 g/mol. The van der Waals surface area contributed by atoms with Crippen LogP contribution in [-0.4, -0.2) is 19.6 Å². The van der Waals surface area contributed by atoms with Gasteiger partial charge in [0.2, 0.25) is 0 Å². The Labute approximate surface area is 158 Å². The van der Waals surface area contributed by atoms with Gasteiger partial charge < -0.3 is 14.8 Å². The van der Waals surface area contributed by atoms with Crippen molar-refractivity contribution in [1.29, 1.82) is 0 Å². The molecule has 0 saturated carbocycles. The Morgan fingerprint density at radius 2 is 1.96 bits per heavy atom. The van der Waals surface area contributed by atoms with E-state index in [1.54, 1.807) is 43.5 Å². The molecule has 0 aromatic heterocycles. The van der Waals surface area contributed by atoms with Crippen LogP contribution in [0.15, 0.2) is 36.4 Å². The van der Waals surface area contributed by atoms with E-state index in [1.807, 2.05) is 0 Å². The minimum Gasteiger partial charge on any atom is -0.496 e. The minimum atomic E-state index is -0.281. The van der Waals surface area contributed by atoms with E-state index in [4.69, 9.17) is 32.7 Å².